The Morgan fingerprint density at radius 1 is 1.42 bits per heavy atom. The molecule has 1 saturated heterocycles. The minimum Gasteiger partial charge on any atom is -0.325 e. The van der Waals surface area contributed by atoms with E-state index in [4.69, 9.17) is 0 Å². The van der Waals surface area contributed by atoms with Crippen LogP contribution in [0.25, 0.3) is 0 Å². The van der Waals surface area contributed by atoms with Crippen molar-refractivity contribution in [1.82, 2.24) is 5.32 Å². The minimum atomic E-state index is -2.49. The maximum atomic E-state index is 12.4. The van der Waals surface area contributed by atoms with Gasteiger partial charge in [0.2, 0.25) is 5.91 Å². The van der Waals surface area contributed by atoms with Gasteiger partial charge in [0.25, 0.3) is 5.76 Å². The van der Waals surface area contributed by atoms with Crippen LogP contribution in [-0.4, -0.2) is 24.8 Å². The van der Waals surface area contributed by atoms with E-state index < -0.39 is 5.76 Å². The molecule has 1 aliphatic rings. The van der Waals surface area contributed by atoms with Crippen LogP contribution in [0.4, 0.5) is 14.5 Å². The van der Waals surface area contributed by atoms with Gasteiger partial charge < -0.3 is 10.6 Å². The van der Waals surface area contributed by atoms with E-state index in [2.05, 4.69) is 10.6 Å². The average Bonchev–Trinajstić information content (AvgIpc) is 2.41. The Kier molecular flexibility index (Phi) is 5.15. The molecule has 1 heterocycles. The van der Waals surface area contributed by atoms with Crippen molar-refractivity contribution in [2.45, 2.75) is 23.5 Å². The maximum Gasteiger partial charge on any atom is 0.288 e. The summed E-state index contributed by atoms with van der Waals surface area (Å²) in [6.45, 7) is 1.58. The third-order valence-corrected chi connectivity index (χ3v) is 3.82. The average molecular weight is 286 g/mol. The largest absolute Gasteiger partial charge is 0.325 e. The Balaban J connectivity index is 2.03. The Labute approximate surface area is 115 Å². The second kappa shape index (κ2) is 6.86. The topological polar surface area (TPSA) is 41.1 Å². The number of hydrogen-bond acceptors (Lipinski definition) is 3. The lowest BCUT2D eigenvalue weighted by Gasteiger charge is -2.22. The summed E-state index contributed by atoms with van der Waals surface area (Å²) in [6.07, 6.45) is 1.80. The van der Waals surface area contributed by atoms with Crippen molar-refractivity contribution < 1.29 is 13.6 Å². The number of alkyl halides is 2. The molecule has 104 valence electrons. The summed E-state index contributed by atoms with van der Waals surface area (Å²) in [4.78, 5) is 12.5. The predicted molar refractivity (Wildman–Crippen MR) is 72.5 cm³/mol. The highest BCUT2D eigenvalue weighted by Crippen LogP contribution is 2.32. The molecule has 1 aromatic rings. The fraction of sp³-hybridized carbons (Fsp3) is 0.462. The number of piperidine rings is 1. The molecule has 2 N–H and O–H groups in total. The normalized spacial score (nSPS) is 19.4. The molecule has 1 aliphatic heterocycles. The van der Waals surface area contributed by atoms with Crippen molar-refractivity contribution >= 4 is 23.4 Å². The van der Waals surface area contributed by atoms with Crippen molar-refractivity contribution in [2.24, 2.45) is 5.92 Å². The second-order valence-corrected chi connectivity index (χ2v) is 5.44. The van der Waals surface area contributed by atoms with Gasteiger partial charge in [-0.15, -0.1) is 0 Å². The van der Waals surface area contributed by atoms with E-state index in [0.29, 0.717) is 28.9 Å². The quantitative estimate of drug-likeness (QED) is 0.836. The summed E-state index contributed by atoms with van der Waals surface area (Å²) in [7, 11) is 0. The van der Waals surface area contributed by atoms with Crippen LogP contribution in [0.15, 0.2) is 29.2 Å². The molecule has 0 aliphatic carbocycles. The number of hydrogen-bond donors (Lipinski definition) is 2. The molecule has 0 bridgehead atoms. The van der Waals surface area contributed by atoms with E-state index in [1.54, 1.807) is 24.3 Å². The molecule has 6 heteroatoms. The molecule has 1 amide bonds. The lowest BCUT2D eigenvalue weighted by atomic mass is 9.99. The SMILES string of the molecule is O=C(Nc1ccccc1SC(F)F)[C@@H]1CCCNC1. The Bertz CT molecular complexity index is 436. The number of nitrogens with one attached hydrogen (secondary N) is 2. The number of anilines is 1. The lowest BCUT2D eigenvalue weighted by Crippen LogP contribution is -2.37. The second-order valence-electron chi connectivity index (χ2n) is 4.41. The van der Waals surface area contributed by atoms with Crippen LogP contribution in [0.3, 0.4) is 0 Å². The van der Waals surface area contributed by atoms with Crippen LogP contribution in [0.2, 0.25) is 0 Å². The van der Waals surface area contributed by atoms with E-state index in [9.17, 15) is 13.6 Å². The highest BCUT2D eigenvalue weighted by atomic mass is 32.2. The molecule has 0 radical (unpaired) electrons. The molecular weight excluding hydrogens is 270 g/mol. The number of amides is 1. The van der Waals surface area contributed by atoms with Crippen LogP contribution < -0.4 is 10.6 Å². The molecule has 0 saturated carbocycles. The van der Waals surface area contributed by atoms with Crippen LogP contribution in [0, 0.1) is 5.92 Å². The maximum absolute atomic E-state index is 12.4. The molecule has 19 heavy (non-hydrogen) atoms. The van der Waals surface area contributed by atoms with Gasteiger partial charge in [-0.2, -0.15) is 8.78 Å². The van der Waals surface area contributed by atoms with Gasteiger partial charge in [-0.3, -0.25) is 4.79 Å². The summed E-state index contributed by atoms with van der Waals surface area (Å²) in [5.74, 6) is -2.68. The zero-order valence-corrected chi connectivity index (χ0v) is 11.2. The van der Waals surface area contributed by atoms with Crippen LogP contribution in [-0.2, 0) is 4.79 Å². The van der Waals surface area contributed by atoms with E-state index in [-0.39, 0.29) is 11.8 Å². The number of benzene rings is 1. The Morgan fingerprint density at radius 3 is 2.89 bits per heavy atom. The first-order chi connectivity index (χ1) is 9.16. The summed E-state index contributed by atoms with van der Waals surface area (Å²) in [5, 5.41) is 5.91. The highest BCUT2D eigenvalue weighted by molar-refractivity contribution is 7.99. The van der Waals surface area contributed by atoms with Crippen molar-refractivity contribution in [3.8, 4) is 0 Å². The first kappa shape index (κ1) is 14.3. The summed E-state index contributed by atoms with van der Waals surface area (Å²) in [6, 6.07) is 6.65. The fourth-order valence-electron chi connectivity index (χ4n) is 2.08. The van der Waals surface area contributed by atoms with Crippen LogP contribution >= 0.6 is 11.8 Å². The number of rotatable bonds is 4. The minimum absolute atomic E-state index is 0.0849. The molecule has 1 atom stereocenters. The van der Waals surface area contributed by atoms with E-state index in [1.807, 2.05) is 0 Å². The standard InChI is InChI=1S/C13H16F2N2OS/c14-13(15)19-11-6-2-1-5-10(11)17-12(18)9-4-3-7-16-8-9/h1-2,5-6,9,13,16H,3-4,7-8H2,(H,17,18)/t9-/m1/s1. The summed E-state index contributed by atoms with van der Waals surface area (Å²) in [5.41, 5.74) is 0.461. The summed E-state index contributed by atoms with van der Waals surface area (Å²) < 4.78 is 24.9. The highest BCUT2D eigenvalue weighted by Gasteiger charge is 2.21. The molecule has 0 unspecified atom stereocenters. The third-order valence-electron chi connectivity index (χ3n) is 3.03. The molecule has 2 rings (SSSR count). The van der Waals surface area contributed by atoms with E-state index in [0.717, 1.165) is 19.4 Å². The van der Waals surface area contributed by atoms with Crippen molar-refractivity contribution in [2.75, 3.05) is 18.4 Å². The molecule has 0 spiro atoms. The smallest absolute Gasteiger partial charge is 0.288 e. The van der Waals surface area contributed by atoms with Crippen molar-refractivity contribution in [3.63, 3.8) is 0 Å². The molecule has 1 fully saturated rings. The van der Waals surface area contributed by atoms with Gasteiger partial charge in [0.05, 0.1) is 11.6 Å². The van der Waals surface area contributed by atoms with Gasteiger partial charge in [0.15, 0.2) is 0 Å². The van der Waals surface area contributed by atoms with Crippen LogP contribution in [0.5, 0.6) is 0 Å². The fourth-order valence-corrected chi connectivity index (χ4v) is 2.67. The monoisotopic (exact) mass is 286 g/mol. The van der Waals surface area contributed by atoms with Gasteiger partial charge in [-0.25, -0.2) is 0 Å². The zero-order valence-electron chi connectivity index (χ0n) is 10.4. The van der Waals surface area contributed by atoms with Crippen molar-refractivity contribution in [1.29, 1.82) is 0 Å². The number of para-hydroxylation sites is 1. The zero-order chi connectivity index (χ0) is 13.7. The first-order valence-corrected chi connectivity index (χ1v) is 7.10. The number of carbonyl (C=O) groups is 1. The lowest BCUT2D eigenvalue weighted by molar-refractivity contribution is -0.120. The van der Waals surface area contributed by atoms with Crippen molar-refractivity contribution in [3.05, 3.63) is 24.3 Å². The number of carbonyl (C=O) groups excluding carboxylic acids is 1. The van der Waals surface area contributed by atoms with E-state index in [1.165, 1.54) is 0 Å². The Hall–Kier alpha value is -1.14. The predicted octanol–water partition coefficient (Wildman–Crippen LogP) is 2.94. The molecule has 0 aromatic heterocycles. The van der Waals surface area contributed by atoms with Gasteiger partial charge in [-0.05, 0) is 31.5 Å². The molecule has 1 aromatic carbocycles. The Morgan fingerprint density at radius 2 is 2.21 bits per heavy atom. The van der Waals surface area contributed by atoms with Gasteiger partial charge in [0, 0.05) is 11.4 Å². The number of halogens is 2. The van der Waals surface area contributed by atoms with E-state index >= 15 is 0 Å². The first-order valence-electron chi connectivity index (χ1n) is 6.22. The number of thioether (sulfide) groups is 1. The molecule has 3 nitrogen and oxygen atoms in total. The van der Waals surface area contributed by atoms with Crippen LogP contribution in [0.1, 0.15) is 12.8 Å². The third kappa shape index (κ3) is 4.18. The summed E-state index contributed by atoms with van der Waals surface area (Å²) >= 11 is 0.450. The van der Waals surface area contributed by atoms with Gasteiger partial charge >= 0.3 is 0 Å². The van der Waals surface area contributed by atoms with Gasteiger partial charge in [-0.1, -0.05) is 23.9 Å². The van der Waals surface area contributed by atoms with Gasteiger partial charge in [0.1, 0.15) is 0 Å². The molecular formula is C13H16F2N2OS.